The summed E-state index contributed by atoms with van der Waals surface area (Å²) < 4.78 is 5.91. The Morgan fingerprint density at radius 1 is 1.13 bits per heavy atom. The smallest absolute Gasteiger partial charge is 0.270 e. The number of hydrogen-bond donors (Lipinski definition) is 4. The zero-order chi connectivity index (χ0) is 21.2. The Kier molecular flexibility index (Phi) is 4.04. The second-order valence-electron chi connectivity index (χ2n) is 7.22. The number of nitrogens with one attached hydrogen (secondary N) is 2. The van der Waals surface area contributed by atoms with Gasteiger partial charge in [0.05, 0.1) is 17.6 Å². The highest BCUT2D eigenvalue weighted by Crippen LogP contribution is 2.53. The number of H-pyrrole nitrogens is 2. The fraction of sp³-hybridized carbons (Fsp3) is 0.143. The molecule has 1 aliphatic carbocycles. The van der Waals surface area contributed by atoms with Crippen LogP contribution in [-0.4, -0.2) is 32.2 Å². The summed E-state index contributed by atoms with van der Waals surface area (Å²) in [5.41, 5.74) is 4.41. The van der Waals surface area contributed by atoms with Crippen LogP contribution in [0, 0.1) is 10.1 Å². The Labute approximate surface area is 178 Å². The Balaban J connectivity index is 1.75. The lowest BCUT2D eigenvalue weighted by Gasteiger charge is -2.24. The number of fused-ring (bicyclic) bond motifs is 5. The summed E-state index contributed by atoms with van der Waals surface area (Å²) in [5, 5.41) is 33.2. The van der Waals surface area contributed by atoms with Gasteiger partial charge in [-0.05, 0) is 30.2 Å². The average Bonchev–Trinajstić information content (AvgIpc) is 3.23. The van der Waals surface area contributed by atoms with Crippen LogP contribution in [0.3, 0.4) is 0 Å². The van der Waals surface area contributed by atoms with Crippen molar-refractivity contribution in [3.63, 3.8) is 0 Å². The normalized spacial score (nSPS) is 15.1. The van der Waals surface area contributed by atoms with Gasteiger partial charge in [0.1, 0.15) is 5.75 Å². The van der Waals surface area contributed by atoms with Gasteiger partial charge >= 0.3 is 0 Å². The topological polar surface area (TPSA) is 124 Å². The molecule has 4 N–H and O–H groups in total. The van der Waals surface area contributed by atoms with Crippen molar-refractivity contribution >= 4 is 32.5 Å². The molecule has 0 spiro atoms. The maximum atomic E-state index is 11.1. The lowest BCUT2D eigenvalue weighted by Crippen LogP contribution is -2.12. The van der Waals surface area contributed by atoms with E-state index in [0.717, 1.165) is 27.7 Å². The van der Waals surface area contributed by atoms with Gasteiger partial charge in [-0.25, -0.2) is 0 Å². The molecule has 0 fully saturated rings. The minimum Gasteiger partial charge on any atom is -0.497 e. The monoisotopic (exact) mass is 469 g/mol. The lowest BCUT2D eigenvalue weighted by molar-refractivity contribution is -0.384. The summed E-state index contributed by atoms with van der Waals surface area (Å²) >= 11 is 3.44. The molecule has 0 saturated carbocycles. The number of hydrogen-bond acceptors (Lipinski definition) is 5. The number of nitrogens with zero attached hydrogens (tertiary/aromatic N) is 1. The molecule has 5 rings (SSSR count). The quantitative estimate of drug-likeness (QED) is 0.249. The third-order valence-corrected chi connectivity index (χ3v) is 6.35. The first-order valence-corrected chi connectivity index (χ1v) is 9.95. The van der Waals surface area contributed by atoms with Crippen LogP contribution in [0.15, 0.2) is 40.9 Å². The molecule has 2 aromatic heterocycles. The molecule has 4 aromatic rings. The molecular formula is C21H16BrN3O5. The van der Waals surface area contributed by atoms with Crippen molar-refractivity contribution < 1.29 is 19.9 Å². The van der Waals surface area contributed by atoms with Gasteiger partial charge in [-0.15, -0.1) is 0 Å². The van der Waals surface area contributed by atoms with Crippen LogP contribution in [0.2, 0.25) is 0 Å². The fourth-order valence-electron chi connectivity index (χ4n) is 4.36. The van der Waals surface area contributed by atoms with E-state index in [-0.39, 0.29) is 23.4 Å². The van der Waals surface area contributed by atoms with E-state index in [4.69, 9.17) is 4.74 Å². The zero-order valence-electron chi connectivity index (χ0n) is 15.7. The molecule has 30 heavy (non-hydrogen) atoms. The van der Waals surface area contributed by atoms with Gasteiger partial charge in [-0.2, -0.15) is 0 Å². The van der Waals surface area contributed by atoms with Gasteiger partial charge in [0.25, 0.3) is 5.69 Å². The number of aromatic nitrogens is 2. The minimum atomic E-state index is -0.455. The van der Waals surface area contributed by atoms with Crippen molar-refractivity contribution in [3.05, 3.63) is 67.8 Å². The maximum absolute atomic E-state index is 11.1. The Morgan fingerprint density at radius 3 is 2.63 bits per heavy atom. The summed E-state index contributed by atoms with van der Waals surface area (Å²) in [6.45, 7) is 0. The summed E-state index contributed by atoms with van der Waals surface area (Å²) in [5.74, 6) is 0.107. The molecule has 0 bridgehead atoms. The molecule has 1 atom stereocenters. The summed E-state index contributed by atoms with van der Waals surface area (Å²) in [6, 6.07) is 10.2. The van der Waals surface area contributed by atoms with E-state index in [1.807, 2.05) is 18.2 Å². The van der Waals surface area contributed by atoms with Gasteiger partial charge < -0.3 is 19.9 Å². The van der Waals surface area contributed by atoms with Crippen molar-refractivity contribution in [2.24, 2.45) is 0 Å². The van der Waals surface area contributed by atoms with Gasteiger partial charge in [0.15, 0.2) is 11.8 Å². The molecular weight excluding hydrogens is 454 g/mol. The molecule has 1 unspecified atom stereocenters. The molecule has 0 saturated heterocycles. The Hall–Kier alpha value is -3.46. The number of ether oxygens (including phenoxy) is 1. The first-order chi connectivity index (χ1) is 14.4. The van der Waals surface area contributed by atoms with Gasteiger partial charge in [-0.3, -0.25) is 15.1 Å². The first kappa shape index (κ1) is 18.6. The molecule has 0 aliphatic heterocycles. The predicted molar refractivity (Wildman–Crippen MR) is 114 cm³/mol. The van der Waals surface area contributed by atoms with Crippen molar-refractivity contribution in [1.29, 1.82) is 0 Å². The van der Waals surface area contributed by atoms with Gasteiger partial charge in [0.2, 0.25) is 0 Å². The van der Waals surface area contributed by atoms with E-state index < -0.39 is 4.92 Å². The number of aromatic amines is 2. The Bertz CT molecular complexity index is 1340. The van der Waals surface area contributed by atoms with Crippen LogP contribution in [0.4, 0.5) is 5.69 Å². The SMILES string of the molecule is COc1ccc2[nH]c3c(c2c1)-c1c(O)[nH]c(O)c1C(c1ccc([N+](=O)[O-])cc1Br)C3. The van der Waals surface area contributed by atoms with E-state index in [2.05, 4.69) is 25.9 Å². The third-order valence-electron chi connectivity index (χ3n) is 5.66. The number of aromatic hydroxyl groups is 2. The molecule has 0 radical (unpaired) electrons. The van der Waals surface area contributed by atoms with E-state index in [1.165, 1.54) is 12.1 Å². The molecule has 0 amide bonds. The first-order valence-electron chi connectivity index (χ1n) is 9.15. The molecule has 152 valence electrons. The van der Waals surface area contributed by atoms with Crippen molar-refractivity contribution in [3.8, 4) is 28.6 Å². The van der Waals surface area contributed by atoms with Gasteiger partial charge in [0, 0.05) is 50.2 Å². The highest BCUT2D eigenvalue weighted by Gasteiger charge is 2.36. The number of methoxy groups -OCH3 is 1. The second kappa shape index (κ2) is 6.53. The fourth-order valence-corrected chi connectivity index (χ4v) is 5.00. The average molecular weight is 470 g/mol. The van der Waals surface area contributed by atoms with Crippen LogP contribution >= 0.6 is 15.9 Å². The standard InChI is InChI=1S/C21H16BrN3O5/c1-30-10-3-5-15-13(7-10)17-16(23-15)8-12(18-19(17)21(27)24-20(18)26)11-4-2-9(25(28)29)6-14(11)22/h2-7,12,23-24,26-27H,8H2,1H3. The lowest BCUT2D eigenvalue weighted by atomic mass is 9.79. The van der Waals surface area contributed by atoms with E-state index in [9.17, 15) is 20.3 Å². The van der Waals surface area contributed by atoms with E-state index >= 15 is 0 Å². The highest BCUT2D eigenvalue weighted by molar-refractivity contribution is 9.10. The molecule has 2 heterocycles. The number of non-ortho nitro benzene ring substituents is 1. The van der Waals surface area contributed by atoms with Crippen molar-refractivity contribution in [2.45, 2.75) is 12.3 Å². The largest absolute Gasteiger partial charge is 0.497 e. The molecule has 1 aliphatic rings. The summed E-state index contributed by atoms with van der Waals surface area (Å²) in [7, 11) is 1.59. The number of halogens is 1. The number of nitro benzene ring substituents is 1. The zero-order valence-corrected chi connectivity index (χ0v) is 17.3. The third kappa shape index (κ3) is 2.58. The van der Waals surface area contributed by atoms with Crippen molar-refractivity contribution in [2.75, 3.05) is 7.11 Å². The number of rotatable bonds is 3. The number of nitro groups is 1. The van der Waals surface area contributed by atoms with Crippen LogP contribution < -0.4 is 4.74 Å². The Morgan fingerprint density at radius 2 is 1.93 bits per heavy atom. The number of benzene rings is 2. The summed E-state index contributed by atoms with van der Waals surface area (Å²) in [4.78, 5) is 16.7. The van der Waals surface area contributed by atoms with Gasteiger partial charge in [-0.1, -0.05) is 22.0 Å². The summed E-state index contributed by atoms with van der Waals surface area (Å²) in [6.07, 6.45) is 0.514. The van der Waals surface area contributed by atoms with E-state index in [1.54, 1.807) is 13.2 Å². The van der Waals surface area contributed by atoms with Crippen LogP contribution in [0.25, 0.3) is 22.0 Å². The predicted octanol–water partition coefficient (Wildman–Crippen LogP) is 4.94. The second-order valence-corrected chi connectivity index (χ2v) is 8.07. The maximum Gasteiger partial charge on any atom is 0.270 e. The van der Waals surface area contributed by atoms with Crippen LogP contribution in [-0.2, 0) is 6.42 Å². The molecule has 8 nitrogen and oxygen atoms in total. The minimum absolute atomic E-state index is 0.0267. The molecule has 2 aromatic carbocycles. The van der Waals surface area contributed by atoms with E-state index in [0.29, 0.717) is 27.8 Å². The molecule has 9 heteroatoms. The van der Waals surface area contributed by atoms with Crippen molar-refractivity contribution in [1.82, 2.24) is 9.97 Å². The highest BCUT2D eigenvalue weighted by atomic mass is 79.9. The van der Waals surface area contributed by atoms with Crippen LogP contribution in [0.5, 0.6) is 17.5 Å². The van der Waals surface area contributed by atoms with Crippen LogP contribution in [0.1, 0.15) is 22.7 Å².